The van der Waals surface area contributed by atoms with Crippen LogP contribution in [-0.2, 0) is 6.42 Å². The first kappa shape index (κ1) is 9.28. The van der Waals surface area contributed by atoms with Gasteiger partial charge in [-0.1, -0.05) is 29.8 Å². The van der Waals surface area contributed by atoms with Crippen molar-refractivity contribution in [3.8, 4) is 0 Å². The molecule has 0 spiro atoms. The highest BCUT2D eigenvalue weighted by molar-refractivity contribution is 6.31. The molecule has 2 aromatic rings. The molecule has 71 valence electrons. The number of rotatable bonds is 3. The Kier molecular flexibility index (Phi) is 2.84. The molecule has 1 heterocycles. The van der Waals surface area contributed by atoms with Gasteiger partial charge in [0.05, 0.1) is 12.0 Å². The summed E-state index contributed by atoms with van der Waals surface area (Å²) < 4.78 is 0. The minimum Gasteiger partial charge on any atom is -0.351 e. The fourth-order valence-electron chi connectivity index (χ4n) is 1.26. The fraction of sp³-hybridized carbons (Fsp3) is 0.0909. The molecule has 0 unspecified atom stereocenters. The van der Waals surface area contributed by atoms with Crippen molar-refractivity contribution in [1.29, 1.82) is 0 Å². The normalized spacial score (nSPS) is 10.4. The lowest BCUT2D eigenvalue weighted by Crippen LogP contribution is -1.89. The minimum atomic E-state index is 0.805. The van der Waals surface area contributed by atoms with Gasteiger partial charge in [0, 0.05) is 17.6 Å². The number of hydrogen-bond donors (Lipinski definition) is 1. The van der Waals surface area contributed by atoms with Crippen molar-refractivity contribution < 1.29 is 0 Å². The number of halogens is 1. The first-order valence-corrected chi connectivity index (χ1v) is 4.79. The summed E-state index contributed by atoms with van der Waals surface area (Å²) in [6.07, 6.45) is 6.37. The standard InChI is InChI=1S/C11H10ClN2/c12-11-4-2-1-3-9(11)5-6-10-7-13-8-14-10/h1-4,6-8H,5H2,(H,13,14). The highest BCUT2D eigenvalue weighted by atomic mass is 35.5. The van der Waals surface area contributed by atoms with Crippen LogP contribution in [0.5, 0.6) is 0 Å². The van der Waals surface area contributed by atoms with E-state index in [1.165, 1.54) is 0 Å². The molecule has 0 aliphatic rings. The monoisotopic (exact) mass is 205 g/mol. The first-order valence-electron chi connectivity index (χ1n) is 4.41. The summed E-state index contributed by atoms with van der Waals surface area (Å²) in [7, 11) is 0. The lowest BCUT2D eigenvalue weighted by molar-refractivity contribution is 1.12. The van der Waals surface area contributed by atoms with Crippen LogP contribution in [0.1, 0.15) is 11.3 Å². The lowest BCUT2D eigenvalue weighted by Gasteiger charge is -2.01. The van der Waals surface area contributed by atoms with E-state index in [1.54, 1.807) is 6.33 Å². The van der Waals surface area contributed by atoms with Crippen LogP contribution >= 0.6 is 11.6 Å². The first-order chi connectivity index (χ1) is 6.86. The summed E-state index contributed by atoms with van der Waals surface area (Å²) in [5.41, 5.74) is 2.07. The van der Waals surface area contributed by atoms with E-state index in [0.29, 0.717) is 0 Å². The maximum Gasteiger partial charge on any atom is 0.0923 e. The van der Waals surface area contributed by atoms with Gasteiger partial charge in [0.15, 0.2) is 0 Å². The zero-order valence-corrected chi connectivity index (χ0v) is 8.33. The molecule has 0 amide bonds. The Morgan fingerprint density at radius 2 is 2.21 bits per heavy atom. The van der Waals surface area contributed by atoms with E-state index in [-0.39, 0.29) is 0 Å². The number of aromatic amines is 1. The van der Waals surface area contributed by atoms with E-state index in [2.05, 4.69) is 9.97 Å². The quantitative estimate of drug-likeness (QED) is 0.820. The number of H-pyrrole nitrogens is 1. The van der Waals surface area contributed by atoms with Crippen molar-refractivity contribution in [2.75, 3.05) is 0 Å². The van der Waals surface area contributed by atoms with Crippen LogP contribution in [0.3, 0.4) is 0 Å². The molecule has 0 aliphatic carbocycles. The Hall–Kier alpha value is -1.28. The molecule has 1 aromatic heterocycles. The highest BCUT2D eigenvalue weighted by Crippen LogP contribution is 2.17. The van der Waals surface area contributed by atoms with Crippen LogP contribution in [0.15, 0.2) is 36.8 Å². The molecular formula is C11H10ClN2. The Labute approximate surface area is 88.0 Å². The molecule has 0 fully saturated rings. The Morgan fingerprint density at radius 3 is 2.93 bits per heavy atom. The van der Waals surface area contributed by atoms with E-state index in [0.717, 1.165) is 22.7 Å². The average molecular weight is 206 g/mol. The zero-order valence-electron chi connectivity index (χ0n) is 7.57. The molecule has 0 saturated heterocycles. The molecule has 2 nitrogen and oxygen atoms in total. The summed E-state index contributed by atoms with van der Waals surface area (Å²) in [5.74, 6) is 0. The van der Waals surface area contributed by atoms with E-state index in [9.17, 15) is 0 Å². The maximum atomic E-state index is 6.02. The van der Waals surface area contributed by atoms with E-state index < -0.39 is 0 Å². The third-order valence-electron chi connectivity index (χ3n) is 2.01. The second-order valence-electron chi connectivity index (χ2n) is 2.99. The summed E-state index contributed by atoms with van der Waals surface area (Å²) in [6, 6.07) is 7.83. The maximum absolute atomic E-state index is 6.02. The SMILES string of the molecule is Clc1ccccc1C[CH]c1c[nH]cn1. The van der Waals surface area contributed by atoms with Crippen molar-refractivity contribution >= 4 is 11.6 Å². The molecule has 0 atom stereocenters. The molecular weight excluding hydrogens is 196 g/mol. The predicted octanol–water partition coefficient (Wildman–Crippen LogP) is 2.86. The molecule has 0 aliphatic heterocycles. The van der Waals surface area contributed by atoms with E-state index in [1.807, 2.05) is 36.9 Å². The third-order valence-corrected chi connectivity index (χ3v) is 2.38. The Bertz CT molecular complexity index is 395. The highest BCUT2D eigenvalue weighted by Gasteiger charge is 2.00. The molecule has 1 N–H and O–H groups in total. The van der Waals surface area contributed by atoms with E-state index >= 15 is 0 Å². The van der Waals surface area contributed by atoms with Gasteiger partial charge in [0.1, 0.15) is 0 Å². The summed E-state index contributed by atoms with van der Waals surface area (Å²) in [5, 5.41) is 0.805. The Morgan fingerprint density at radius 1 is 1.36 bits per heavy atom. The topological polar surface area (TPSA) is 28.7 Å². The minimum absolute atomic E-state index is 0.805. The van der Waals surface area contributed by atoms with Gasteiger partial charge in [-0.3, -0.25) is 0 Å². The molecule has 1 aromatic carbocycles. The average Bonchev–Trinajstić information content (AvgIpc) is 2.69. The second-order valence-corrected chi connectivity index (χ2v) is 3.40. The largest absolute Gasteiger partial charge is 0.351 e. The van der Waals surface area contributed by atoms with Gasteiger partial charge in [-0.25, -0.2) is 4.98 Å². The number of nitrogens with one attached hydrogen (secondary N) is 1. The van der Waals surface area contributed by atoms with Crippen LogP contribution < -0.4 is 0 Å². The van der Waals surface area contributed by atoms with Crippen molar-refractivity contribution in [3.05, 3.63) is 59.5 Å². The Balaban J connectivity index is 2.02. The van der Waals surface area contributed by atoms with Gasteiger partial charge < -0.3 is 4.98 Å². The van der Waals surface area contributed by atoms with Crippen LogP contribution in [-0.4, -0.2) is 9.97 Å². The molecule has 1 radical (unpaired) electrons. The van der Waals surface area contributed by atoms with Gasteiger partial charge in [-0.2, -0.15) is 0 Å². The molecule has 3 heteroatoms. The van der Waals surface area contributed by atoms with Crippen LogP contribution in [0.25, 0.3) is 0 Å². The molecule has 0 bridgehead atoms. The smallest absolute Gasteiger partial charge is 0.0923 e. The van der Waals surface area contributed by atoms with Crippen molar-refractivity contribution in [2.45, 2.75) is 6.42 Å². The van der Waals surface area contributed by atoms with E-state index in [4.69, 9.17) is 11.6 Å². The molecule has 2 rings (SSSR count). The summed E-state index contributed by atoms with van der Waals surface area (Å²) >= 11 is 6.02. The number of hydrogen-bond acceptors (Lipinski definition) is 1. The zero-order chi connectivity index (χ0) is 9.80. The second kappa shape index (κ2) is 4.29. The number of imidazole rings is 1. The van der Waals surface area contributed by atoms with Crippen molar-refractivity contribution in [2.24, 2.45) is 0 Å². The van der Waals surface area contributed by atoms with Crippen molar-refractivity contribution in [3.63, 3.8) is 0 Å². The number of aromatic nitrogens is 2. The lowest BCUT2D eigenvalue weighted by atomic mass is 10.1. The number of nitrogens with zero attached hydrogens (tertiary/aromatic N) is 1. The fourth-order valence-corrected chi connectivity index (χ4v) is 1.47. The summed E-state index contributed by atoms with van der Waals surface area (Å²) in [6.45, 7) is 0. The van der Waals surface area contributed by atoms with Gasteiger partial charge in [-0.15, -0.1) is 0 Å². The molecule has 0 saturated carbocycles. The van der Waals surface area contributed by atoms with Crippen LogP contribution in [0.2, 0.25) is 5.02 Å². The predicted molar refractivity (Wildman–Crippen MR) is 57.1 cm³/mol. The number of benzene rings is 1. The van der Waals surface area contributed by atoms with Crippen LogP contribution in [0.4, 0.5) is 0 Å². The van der Waals surface area contributed by atoms with Crippen LogP contribution in [0, 0.1) is 6.42 Å². The van der Waals surface area contributed by atoms with Gasteiger partial charge in [0.25, 0.3) is 0 Å². The third kappa shape index (κ3) is 2.15. The van der Waals surface area contributed by atoms with Gasteiger partial charge in [-0.05, 0) is 18.1 Å². The summed E-state index contributed by atoms with van der Waals surface area (Å²) in [4.78, 5) is 7.01. The van der Waals surface area contributed by atoms with Crippen molar-refractivity contribution in [1.82, 2.24) is 9.97 Å². The molecule has 14 heavy (non-hydrogen) atoms. The van der Waals surface area contributed by atoms with Gasteiger partial charge >= 0.3 is 0 Å². The van der Waals surface area contributed by atoms with Gasteiger partial charge in [0.2, 0.25) is 0 Å².